The van der Waals surface area contributed by atoms with Gasteiger partial charge in [0.15, 0.2) is 0 Å². The Morgan fingerprint density at radius 2 is 1.98 bits per heavy atom. The number of pyridine rings is 1. The van der Waals surface area contributed by atoms with Gasteiger partial charge in [-0.25, -0.2) is 4.98 Å². The van der Waals surface area contributed by atoms with Crippen LogP contribution in [0.2, 0.25) is 0 Å². The van der Waals surface area contributed by atoms with Crippen LogP contribution in [0.3, 0.4) is 0 Å². The third-order valence-electron chi connectivity index (χ3n) is 9.24. The number of hydrogen-bond acceptors (Lipinski definition) is 6. The maximum absolute atomic E-state index is 13.4. The summed E-state index contributed by atoms with van der Waals surface area (Å²) in [7, 11) is 0. The molecule has 206 valence electrons. The second kappa shape index (κ2) is 9.25. The van der Waals surface area contributed by atoms with Gasteiger partial charge in [0.05, 0.1) is 19.2 Å². The van der Waals surface area contributed by atoms with E-state index in [1.165, 1.54) is 4.90 Å². The highest BCUT2D eigenvalue weighted by atomic mass is 16.2. The van der Waals surface area contributed by atoms with Crippen LogP contribution >= 0.6 is 0 Å². The Morgan fingerprint density at radius 1 is 1.18 bits per heavy atom. The average Bonchev–Trinajstić information content (AvgIpc) is 3.53. The Kier molecular flexibility index (Phi) is 5.50. The highest BCUT2D eigenvalue weighted by molar-refractivity contribution is 6.26. The van der Waals surface area contributed by atoms with E-state index in [-0.39, 0.29) is 42.3 Å². The van der Waals surface area contributed by atoms with Crippen LogP contribution in [0.4, 0.5) is 5.82 Å². The molecule has 1 unspecified atom stereocenters. The third kappa shape index (κ3) is 3.91. The Balaban J connectivity index is 1.12. The topological polar surface area (TPSA) is 118 Å². The number of rotatable bonds is 5. The molecule has 10 heteroatoms. The highest BCUT2D eigenvalue weighted by Crippen LogP contribution is 2.43. The van der Waals surface area contributed by atoms with E-state index in [1.807, 2.05) is 28.0 Å². The van der Waals surface area contributed by atoms with Crippen molar-refractivity contribution in [3.05, 3.63) is 53.5 Å². The maximum atomic E-state index is 13.4. The fraction of sp³-hybridized carbons (Fsp3) is 0.467. The van der Waals surface area contributed by atoms with Crippen molar-refractivity contribution in [3.8, 4) is 0 Å². The van der Waals surface area contributed by atoms with Crippen molar-refractivity contribution in [1.29, 1.82) is 0 Å². The summed E-state index contributed by atoms with van der Waals surface area (Å²) in [5, 5.41) is 8.35. The number of anilines is 1. The number of hydrogen-bond donors (Lipinski definition) is 1. The molecule has 0 radical (unpaired) electrons. The first-order valence-corrected chi connectivity index (χ1v) is 14.2. The van der Waals surface area contributed by atoms with Gasteiger partial charge in [0.1, 0.15) is 11.9 Å². The zero-order valence-corrected chi connectivity index (χ0v) is 22.5. The molecule has 7 rings (SSSR count). The van der Waals surface area contributed by atoms with Crippen LogP contribution in [0, 0.1) is 5.41 Å². The van der Waals surface area contributed by atoms with Crippen molar-refractivity contribution in [2.24, 2.45) is 5.41 Å². The van der Waals surface area contributed by atoms with E-state index in [4.69, 9.17) is 1.37 Å². The number of nitrogens with zero attached hydrogens (tertiary/aromatic N) is 5. The quantitative estimate of drug-likeness (QED) is 0.496. The summed E-state index contributed by atoms with van der Waals surface area (Å²) >= 11 is 0. The molecule has 5 heterocycles. The van der Waals surface area contributed by atoms with Crippen molar-refractivity contribution in [3.63, 3.8) is 0 Å². The Bertz CT molecular complexity index is 1620. The number of piperidine rings is 2. The fourth-order valence-electron chi connectivity index (χ4n) is 6.72. The molecule has 1 atom stereocenters. The van der Waals surface area contributed by atoms with Crippen LogP contribution in [0.15, 0.2) is 36.8 Å². The van der Waals surface area contributed by atoms with Crippen LogP contribution in [0.5, 0.6) is 0 Å². The van der Waals surface area contributed by atoms with E-state index in [0.717, 1.165) is 56.1 Å². The number of benzene rings is 1. The van der Waals surface area contributed by atoms with Crippen molar-refractivity contribution < 1.29 is 20.5 Å². The monoisotopic (exact) mass is 541 g/mol. The van der Waals surface area contributed by atoms with Gasteiger partial charge in [0.25, 0.3) is 5.91 Å². The lowest BCUT2D eigenvalue weighted by Gasteiger charge is -2.43. The normalized spacial score (nSPS) is 22.9. The zero-order chi connectivity index (χ0) is 28.5. The summed E-state index contributed by atoms with van der Waals surface area (Å²) in [5.74, 6) is -0.620. The SMILES string of the molecule is [2H]c1nc2c3c(cccc3c1Cc1cnn(C3CCN(C(=O)C4(C)CCC4)CC3)c1)C(=O)N2C1CCC(=O)NC1=O. The van der Waals surface area contributed by atoms with Gasteiger partial charge in [-0.1, -0.05) is 25.5 Å². The van der Waals surface area contributed by atoms with Crippen molar-refractivity contribution in [1.82, 2.24) is 25.0 Å². The predicted octanol–water partition coefficient (Wildman–Crippen LogP) is 3.14. The van der Waals surface area contributed by atoms with E-state index < -0.39 is 11.9 Å². The van der Waals surface area contributed by atoms with E-state index in [9.17, 15) is 19.2 Å². The van der Waals surface area contributed by atoms with Gasteiger partial charge >= 0.3 is 0 Å². The molecule has 1 saturated carbocycles. The number of carbonyl (C=O) groups excluding carboxylic acids is 4. The number of nitrogens with one attached hydrogen (secondary N) is 1. The lowest BCUT2D eigenvalue weighted by Crippen LogP contribution is -2.53. The van der Waals surface area contributed by atoms with Gasteiger partial charge in [-0.3, -0.25) is 34.1 Å². The van der Waals surface area contributed by atoms with Gasteiger partial charge in [-0.2, -0.15) is 5.10 Å². The van der Waals surface area contributed by atoms with Gasteiger partial charge in [-0.15, -0.1) is 0 Å². The molecule has 10 nitrogen and oxygen atoms in total. The van der Waals surface area contributed by atoms with Crippen LogP contribution in [-0.4, -0.2) is 62.4 Å². The van der Waals surface area contributed by atoms with Crippen LogP contribution < -0.4 is 10.2 Å². The minimum Gasteiger partial charge on any atom is -0.342 e. The molecule has 3 fully saturated rings. The lowest BCUT2D eigenvalue weighted by molar-refractivity contribution is -0.147. The van der Waals surface area contributed by atoms with Gasteiger partial charge in [-0.05, 0) is 54.7 Å². The molecule has 0 spiro atoms. The number of carbonyl (C=O) groups is 4. The molecule has 0 bridgehead atoms. The Morgan fingerprint density at radius 3 is 2.70 bits per heavy atom. The Labute approximate surface area is 233 Å². The summed E-state index contributed by atoms with van der Waals surface area (Å²) in [5.41, 5.74) is 1.91. The van der Waals surface area contributed by atoms with E-state index in [0.29, 0.717) is 34.7 Å². The van der Waals surface area contributed by atoms with Crippen LogP contribution in [0.1, 0.15) is 80.8 Å². The summed E-state index contributed by atoms with van der Waals surface area (Å²) in [6.07, 6.45) is 9.48. The average molecular weight is 542 g/mol. The van der Waals surface area contributed by atoms with Crippen molar-refractivity contribution >= 4 is 40.2 Å². The Hall–Kier alpha value is -4.08. The van der Waals surface area contributed by atoms with Crippen LogP contribution in [-0.2, 0) is 20.8 Å². The zero-order valence-electron chi connectivity index (χ0n) is 23.5. The summed E-state index contributed by atoms with van der Waals surface area (Å²) < 4.78 is 10.8. The van der Waals surface area contributed by atoms with E-state index in [1.54, 1.807) is 12.1 Å². The number of likely N-dealkylation sites (tertiary alicyclic amines) is 1. The maximum Gasteiger partial charge on any atom is 0.260 e. The standard InChI is InChI=1S/C30H32N6O4/c1-30(10-3-11-30)29(40)34-12-8-20(9-13-34)35-17-18(15-32-35)14-19-16-31-26-25-21(19)4-2-5-22(25)28(39)36(26)23-6-7-24(37)33-27(23)38/h2,4-5,15-17,20,23H,3,6-14H2,1H3,(H,33,37,38)/i16D. The van der Waals surface area contributed by atoms with Crippen molar-refractivity contribution in [2.45, 2.75) is 70.4 Å². The molecule has 1 aliphatic carbocycles. The largest absolute Gasteiger partial charge is 0.342 e. The first-order chi connectivity index (χ1) is 19.7. The molecule has 3 aliphatic heterocycles. The second-order valence-electron chi connectivity index (χ2n) is 11.8. The highest BCUT2D eigenvalue weighted by Gasteiger charge is 2.43. The van der Waals surface area contributed by atoms with Crippen LogP contribution in [0.25, 0.3) is 10.8 Å². The predicted molar refractivity (Wildman–Crippen MR) is 147 cm³/mol. The number of imide groups is 1. The minimum absolute atomic E-state index is 0.0423. The first kappa shape index (κ1) is 23.8. The molecular weight excluding hydrogens is 508 g/mol. The molecule has 3 aromatic rings. The lowest BCUT2D eigenvalue weighted by atomic mass is 9.69. The molecule has 40 heavy (non-hydrogen) atoms. The summed E-state index contributed by atoms with van der Waals surface area (Å²) in [4.78, 5) is 58.5. The molecule has 1 N–H and O–H groups in total. The molecule has 2 saturated heterocycles. The molecular formula is C30H32N6O4. The van der Waals surface area contributed by atoms with E-state index in [2.05, 4.69) is 22.3 Å². The number of amides is 4. The molecule has 2 aromatic heterocycles. The van der Waals surface area contributed by atoms with E-state index >= 15 is 0 Å². The smallest absolute Gasteiger partial charge is 0.260 e. The minimum atomic E-state index is -0.843. The fourth-order valence-corrected chi connectivity index (χ4v) is 6.72. The van der Waals surface area contributed by atoms with Gasteiger partial charge in [0, 0.05) is 49.1 Å². The third-order valence-corrected chi connectivity index (χ3v) is 9.24. The molecule has 1 aromatic carbocycles. The van der Waals surface area contributed by atoms with Crippen molar-refractivity contribution in [2.75, 3.05) is 18.0 Å². The summed E-state index contributed by atoms with van der Waals surface area (Å²) in [6.45, 7) is 3.56. The first-order valence-electron chi connectivity index (χ1n) is 14.7. The number of aromatic nitrogens is 3. The summed E-state index contributed by atoms with van der Waals surface area (Å²) in [6, 6.07) is 4.76. The van der Waals surface area contributed by atoms with Gasteiger partial charge < -0.3 is 4.90 Å². The second-order valence-corrected chi connectivity index (χ2v) is 11.8. The molecule has 4 amide bonds. The molecule has 4 aliphatic rings. The van der Waals surface area contributed by atoms with Gasteiger partial charge in [0.2, 0.25) is 17.7 Å².